The van der Waals surface area contributed by atoms with Crippen LogP contribution in [-0.4, -0.2) is 33.7 Å². The molecule has 0 unspecified atom stereocenters. The van der Waals surface area contributed by atoms with Gasteiger partial charge < -0.3 is 4.90 Å². The van der Waals surface area contributed by atoms with Crippen LogP contribution in [-0.2, 0) is 19.9 Å². The number of carbonyl (C=O) groups is 1. The number of hydrogen-bond acceptors (Lipinski definition) is 2. The molecule has 2 aromatic rings. The van der Waals surface area contributed by atoms with Crippen LogP contribution in [0.3, 0.4) is 0 Å². The number of fused-ring (bicyclic) bond motifs is 1. The molecule has 0 bridgehead atoms. The summed E-state index contributed by atoms with van der Waals surface area (Å²) in [7, 11) is 3.68. The maximum absolute atomic E-state index is 12.4. The molecule has 0 N–H and O–H groups in total. The topological polar surface area (TPSA) is 38.1 Å². The van der Waals surface area contributed by atoms with Crippen molar-refractivity contribution in [1.82, 2.24) is 14.7 Å². The van der Waals surface area contributed by atoms with Crippen LogP contribution in [0, 0.1) is 0 Å². The number of nitrogens with zero attached hydrogens (tertiary/aromatic N) is 3. The van der Waals surface area contributed by atoms with E-state index < -0.39 is 0 Å². The zero-order chi connectivity index (χ0) is 13.4. The minimum Gasteiger partial charge on any atom is -0.337 e. The molecule has 1 aliphatic rings. The van der Waals surface area contributed by atoms with Crippen molar-refractivity contribution in [3.63, 3.8) is 0 Å². The normalized spacial score (nSPS) is 14.4. The average Bonchev–Trinajstić information content (AvgIpc) is 3.02. The average molecular weight is 255 g/mol. The van der Waals surface area contributed by atoms with Crippen LogP contribution in [0.2, 0.25) is 0 Å². The largest absolute Gasteiger partial charge is 0.337 e. The predicted octanol–water partition coefficient (Wildman–Crippen LogP) is 1.66. The first-order valence-corrected chi connectivity index (χ1v) is 6.49. The molecular weight excluding hydrogens is 238 g/mol. The first kappa shape index (κ1) is 12.0. The van der Waals surface area contributed by atoms with Crippen molar-refractivity contribution in [2.75, 3.05) is 7.05 Å². The molecule has 3 rings (SSSR count). The molecule has 1 aromatic carbocycles. The Morgan fingerprint density at radius 2 is 1.89 bits per heavy atom. The Kier molecular flexibility index (Phi) is 2.85. The summed E-state index contributed by atoms with van der Waals surface area (Å²) < 4.78 is 1.63. The fourth-order valence-corrected chi connectivity index (χ4v) is 2.74. The number of carbonyl (C=O) groups excluding carboxylic acids is 1. The van der Waals surface area contributed by atoms with Crippen LogP contribution in [0.25, 0.3) is 0 Å². The predicted molar refractivity (Wildman–Crippen MR) is 72.9 cm³/mol. The second kappa shape index (κ2) is 4.53. The first-order chi connectivity index (χ1) is 9.16. The van der Waals surface area contributed by atoms with Crippen molar-refractivity contribution in [2.45, 2.75) is 18.9 Å². The summed E-state index contributed by atoms with van der Waals surface area (Å²) in [6.07, 6.45) is 3.54. The number of benzene rings is 1. The fraction of sp³-hybridized carbons (Fsp3) is 0.333. The lowest BCUT2D eigenvalue weighted by Crippen LogP contribution is -2.38. The van der Waals surface area contributed by atoms with Gasteiger partial charge in [-0.05, 0) is 30.0 Å². The third kappa shape index (κ3) is 2.03. The van der Waals surface area contributed by atoms with E-state index >= 15 is 0 Å². The lowest BCUT2D eigenvalue weighted by atomic mass is 10.1. The monoisotopic (exact) mass is 255 g/mol. The highest BCUT2D eigenvalue weighted by atomic mass is 16.2. The second-order valence-corrected chi connectivity index (χ2v) is 5.09. The van der Waals surface area contributed by atoms with E-state index in [-0.39, 0.29) is 11.9 Å². The molecule has 0 spiro atoms. The van der Waals surface area contributed by atoms with Crippen molar-refractivity contribution in [1.29, 1.82) is 0 Å². The van der Waals surface area contributed by atoms with Gasteiger partial charge in [-0.2, -0.15) is 5.10 Å². The Morgan fingerprint density at radius 1 is 1.26 bits per heavy atom. The molecule has 0 fully saturated rings. The number of aromatic nitrogens is 2. The fourth-order valence-electron chi connectivity index (χ4n) is 2.74. The summed E-state index contributed by atoms with van der Waals surface area (Å²) in [4.78, 5) is 14.3. The smallest absolute Gasteiger partial charge is 0.272 e. The molecule has 0 atom stereocenters. The van der Waals surface area contributed by atoms with Crippen LogP contribution < -0.4 is 0 Å². The first-order valence-electron chi connectivity index (χ1n) is 6.49. The van der Waals surface area contributed by atoms with Gasteiger partial charge in [-0.25, -0.2) is 0 Å². The molecule has 4 heteroatoms. The number of amides is 1. The van der Waals surface area contributed by atoms with Crippen molar-refractivity contribution >= 4 is 5.91 Å². The molecule has 0 aliphatic heterocycles. The van der Waals surface area contributed by atoms with Gasteiger partial charge in [0.15, 0.2) is 0 Å². The molecule has 1 aliphatic carbocycles. The van der Waals surface area contributed by atoms with Crippen LogP contribution in [0.15, 0.2) is 36.5 Å². The van der Waals surface area contributed by atoms with E-state index in [2.05, 4.69) is 29.4 Å². The quantitative estimate of drug-likeness (QED) is 0.818. The summed E-state index contributed by atoms with van der Waals surface area (Å²) in [6.45, 7) is 0. The molecule has 98 valence electrons. The molecule has 0 radical (unpaired) electrons. The minimum absolute atomic E-state index is 0.0396. The summed E-state index contributed by atoms with van der Waals surface area (Å²) in [5.74, 6) is 0.0396. The number of hydrogen-bond donors (Lipinski definition) is 0. The van der Waals surface area contributed by atoms with Gasteiger partial charge in [-0.1, -0.05) is 24.3 Å². The molecule has 1 heterocycles. The number of aryl methyl sites for hydroxylation is 1. The summed E-state index contributed by atoms with van der Waals surface area (Å²) in [5.41, 5.74) is 3.35. The summed E-state index contributed by atoms with van der Waals surface area (Å²) in [5, 5.41) is 4.06. The highest BCUT2D eigenvalue weighted by Gasteiger charge is 2.28. The van der Waals surface area contributed by atoms with Gasteiger partial charge in [0.25, 0.3) is 5.91 Å². The van der Waals surface area contributed by atoms with Gasteiger partial charge in [0.1, 0.15) is 5.69 Å². The maximum atomic E-state index is 12.4. The Labute approximate surface area is 112 Å². The molecule has 0 saturated heterocycles. The second-order valence-electron chi connectivity index (χ2n) is 5.09. The highest BCUT2D eigenvalue weighted by molar-refractivity contribution is 5.92. The Morgan fingerprint density at radius 3 is 2.42 bits per heavy atom. The van der Waals surface area contributed by atoms with Crippen molar-refractivity contribution in [3.8, 4) is 0 Å². The molecule has 1 aromatic heterocycles. The maximum Gasteiger partial charge on any atom is 0.272 e. The van der Waals surface area contributed by atoms with E-state index in [0.717, 1.165) is 12.8 Å². The molecule has 0 saturated carbocycles. The van der Waals surface area contributed by atoms with Crippen molar-refractivity contribution in [3.05, 3.63) is 53.3 Å². The van der Waals surface area contributed by atoms with Gasteiger partial charge in [-0.15, -0.1) is 0 Å². The van der Waals surface area contributed by atoms with E-state index in [4.69, 9.17) is 0 Å². The molecule has 19 heavy (non-hydrogen) atoms. The van der Waals surface area contributed by atoms with E-state index in [9.17, 15) is 4.79 Å². The number of likely N-dealkylation sites (N-methyl/N-ethyl adjacent to an activating group) is 1. The SMILES string of the molecule is CN(C(=O)c1ccnn1C)C1Cc2ccccc2C1. The summed E-state index contributed by atoms with van der Waals surface area (Å²) in [6, 6.07) is 10.4. The third-order valence-electron chi connectivity index (χ3n) is 3.94. The number of rotatable bonds is 2. The van der Waals surface area contributed by atoms with Gasteiger partial charge >= 0.3 is 0 Å². The van der Waals surface area contributed by atoms with Crippen LogP contribution in [0.4, 0.5) is 0 Å². The third-order valence-corrected chi connectivity index (χ3v) is 3.94. The Bertz CT molecular complexity index is 592. The summed E-state index contributed by atoms with van der Waals surface area (Å²) >= 11 is 0. The van der Waals surface area contributed by atoms with E-state index in [1.165, 1.54) is 11.1 Å². The zero-order valence-electron chi connectivity index (χ0n) is 11.2. The van der Waals surface area contributed by atoms with Gasteiger partial charge in [0.2, 0.25) is 0 Å². The van der Waals surface area contributed by atoms with Gasteiger partial charge in [-0.3, -0.25) is 9.48 Å². The van der Waals surface area contributed by atoms with Crippen LogP contribution in [0.1, 0.15) is 21.6 Å². The lowest BCUT2D eigenvalue weighted by Gasteiger charge is -2.24. The highest BCUT2D eigenvalue weighted by Crippen LogP contribution is 2.25. The minimum atomic E-state index is 0.0396. The molecule has 1 amide bonds. The Hall–Kier alpha value is -2.10. The van der Waals surface area contributed by atoms with E-state index in [1.807, 2.05) is 11.9 Å². The van der Waals surface area contributed by atoms with E-state index in [0.29, 0.717) is 5.69 Å². The van der Waals surface area contributed by atoms with Crippen LogP contribution in [0.5, 0.6) is 0 Å². The van der Waals surface area contributed by atoms with E-state index in [1.54, 1.807) is 24.0 Å². The van der Waals surface area contributed by atoms with Gasteiger partial charge in [0.05, 0.1) is 0 Å². The lowest BCUT2D eigenvalue weighted by molar-refractivity contribution is 0.0726. The van der Waals surface area contributed by atoms with Crippen LogP contribution >= 0.6 is 0 Å². The molecular formula is C15H17N3O. The zero-order valence-corrected chi connectivity index (χ0v) is 11.2. The van der Waals surface area contributed by atoms with Crippen molar-refractivity contribution in [2.24, 2.45) is 7.05 Å². The van der Waals surface area contributed by atoms with Gasteiger partial charge in [0, 0.05) is 26.3 Å². The Balaban J connectivity index is 1.78. The standard InChI is InChI=1S/C15H17N3O/c1-17(15(19)14-7-8-16-18(14)2)13-9-11-5-3-4-6-12(11)10-13/h3-8,13H,9-10H2,1-2H3. The molecule has 4 nitrogen and oxygen atoms in total. The van der Waals surface area contributed by atoms with Crippen molar-refractivity contribution < 1.29 is 4.79 Å².